The lowest BCUT2D eigenvalue weighted by Gasteiger charge is -2.21. The first kappa shape index (κ1) is 20.0. The molecule has 0 saturated carbocycles. The molecule has 158 valence electrons. The molecule has 0 amide bonds. The summed E-state index contributed by atoms with van der Waals surface area (Å²) >= 11 is 0. The molecule has 0 saturated heterocycles. The summed E-state index contributed by atoms with van der Waals surface area (Å²) in [5, 5.41) is 1.14. The molecule has 1 unspecified atom stereocenters. The molecule has 4 aromatic carbocycles. The molecule has 3 nitrogen and oxygen atoms in total. The zero-order valence-electron chi connectivity index (χ0n) is 18.2. The van der Waals surface area contributed by atoms with Crippen molar-refractivity contribution in [1.82, 2.24) is 4.98 Å². The first-order valence-corrected chi connectivity index (χ1v) is 10.7. The van der Waals surface area contributed by atoms with E-state index in [2.05, 4.69) is 83.8 Å². The Hall–Kier alpha value is -3.98. The van der Waals surface area contributed by atoms with E-state index in [-0.39, 0.29) is 5.92 Å². The Labute approximate surface area is 188 Å². The van der Waals surface area contributed by atoms with Crippen LogP contribution in [0, 0.1) is 0 Å². The first-order chi connectivity index (χ1) is 15.8. The molecule has 0 aliphatic heterocycles. The summed E-state index contributed by atoms with van der Waals surface area (Å²) in [5.41, 5.74) is 6.88. The lowest BCUT2D eigenvalue weighted by molar-refractivity contribution is 0.409. The minimum absolute atomic E-state index is 0.0269. The van der Waals surface area contributed by atoms with Crippen molar-refractivity contribution in [2.45, 2.75) is 5.92 Å². The van der Waals surface area contributed by atoms with Crippen molar-refractivity contribution >= 4 is 10.9 Å². The van der Waals surface area contributed by atoms with Gasteiger partial charge in [-0.05, 0) is 35.4 Å². The number of hydrogen-bond donors (Lipinski definition) is 1. The monoisotopic (exact) mass is 419 g/mol. The van der Waals surface area contributed by atoms with Gasteiger partial charge in [0.2, 0.25) is 0 Å². The summed E-state index contributed by atoms with van der Waals surface area (Å²) in [7, 11) is 3.44. The average Bonchev–Trinajstić information content (AvgIpc) is 3.23. The summed E-state index contributed by atoms with van der Waals surface area (Å²) in [4.78, 5) is 3.75. The van der Waals surface area contributed by atoms with Gasteiger partial charge in [0.05, 0.1) is 20.1 Å². The predicted octanol–water partition coefficient (Wildman–Crippen LogP) is 7.03. The van der Waals surface area contributed by atoms with Gasteiger partial charge in [0, 0.05) is 27.7 Å². The largest absolute Gasteiger partial charge is 0.497 e. The number of fused-ring (bicyclic) bond motifs is 1. The van der Waals surface area contributed by atoms with Crippen LogP contribution in [-0.4, -0.2) is 19.2 Å². The Morgan fingerprint density at radius 2 is 1.38 bits per heavy atom. The van der Waals surface area contributed by atoms with Crippen LogP contribution in [0.15, 0.2) is 103 Å². The number of H-pyrrole nitrogens is 1. The molecule has 1 aromatic heterocycles. The van der Waals surface area contributed by atoms with Crippen molar-refractivity contribution in [2.24, 2.45) is 0 Å². The molecule has 0 spiro atoms. The van der Waals surface area contributed by atoms with Crippen molar-refractivity contribution in [3.63, 3.8) is 0 Å². The zero-order chi connectivity index (χ0) is 21.9. The van der Waals surface area contributed by atoms with Crippen molar-refractivity contribution in [3.8, 4) is 22.6 Å². The fourth-order valence-corrected chi connectivity index (χ4v) is 4.50. The maximum Gasteiger partial charge on any atom is 0.123 e. The number of para-hydroxylation sites is 1. The fourth-order valence-electron chi connectivity index (χ4n) is 4.50. The van der Waals surface area contributed by atoms with Crippen LogP contribution >= 0.6 is 0 Å². The second kappa shape index (κ2) is 8.64. The van der Waals surface area contributed by atoms with Gasteiger partial charge in [-0.3, -0.25) is 0 Å². The SMILES string of the molecule is COc1ccc2[nH]c(C(c3ccccc3)c3ccccc3OC)c(-c3ccccc3)c2c1. The van der Waals surface area contributed by atoms with Gasteiger partial charge in [-0.15, -0.1) is 0 Å². The van der Waals surface area contributed by atoms with Crippen molar-refractivity contribution in [1.29, 1.82) is 0 Å². The highest BCUT2D eigenvalue weighted by Gasteiger charge is 2.26. The maximum absolute atomic E-state index is 5.79. The topological polar surface area (TPSA) is 34.2 Å². The van der Waals surface area contributed by atoms with Crippen LogP contribution in [0.1, 0.15) is 22.7 Å². The van der Waals surface area contributed by atoms with Gasteiger partial charge in [-0.2, -0.15) is 0 Å². The smallest absolute Gasteiger partial charge is 0.123 e. The van der Waals surface area contributed by atoms with Crippen molar-refractivity contribution in [2.75, 3.05) is 14.2 Å². The molecule has 0 bridgehead atoms. The average molecular weight is 420 g/mol. The van der Waals surface area contributed by atoms with E-state index >= 15 is 0 Å². The predicted molar refractivity (Wildman–Crippen MR) is 131 cm³/mol. The van der Waals surface area contributed by atoms with Crippen LogP contribution < -0.4 is 9.47 Å². The van der Waals surface area contributed by atoms with Crippen molar-refractivity contribution < 1.29 is 9.47 Å². The Morgan fingerprint density at radius 1 is 0.688 bits per heavy atom. The number of aromatic nitrogens is 1. The summed E-state index contributed by atoms with van der Waals surface area (Å²) in [6, 6.07) is 35.6. The van der Waals surface area contributed by atoms with E-state index in [9.17, 15) is 0 Å². The molecular weight excluding hydrogens is 394 g/mol. The normalized spacial score (nSPS) is 11.9. The fraction of sp³-hybridized carbons (Fsp3) is 0.103. The van der Waals surface area contributed by atoms with E-state index in [4.69, 9.17) is 9.47 Å². The van der Waals surface area contributed by atoms with Crippen LogP contribution in [0.3, 0.4) is 0 Å². The van der Waals surface area contributed by atoms with E-state index in [1.54, 1.807) is 14.2 Å². The second-order valence-corrected chi connectivity index (χ2v) is 7.78. The van der Waals surface area contributed by atoms with Gasteiger partial charge in [-0.25, -0.2) is 0 Å². The molecule has 0 aliphatic rings. The number of rotatable bonds is 6. The van der Waals surface area contributed by atoms with Crippen LogP contribution in [0.25, 0.3) is 22.0 Å². The van der Waals surface area contributed by atoms with E-state index in [1.165, 1.54) is 11.1 Å². The highest BCUT2D eigenvalue weighted by molar-refractivity contribution is 5.99. The number of methoxy groups -OCH3 is 2. The highest BCUT2D eigenvalue weighted by Crippen LogP contribution is 2.44. The molecule has 32 heavy (non-hydrogen) atoms. The summed E-state index contributed by atoms with van der Waals surface area (Å²) in [5.74, 6) is 1.69. The standard InChI is InChI=1S/C29H25NO2/c1-31-22-17-18-25-24(19-22)28(21-13-7-4-8-14-21)29(30-25)27(20-11-5-3-6-12-20)23-15-9-10-16-26(23)32-2/h3-19,27,30H,1-2H3. The van der Waals surface area contributed by atoms with Crippen LogP contribution in [0.5, 0.6) is 11.5 Å². The minimum Gasteiger partial charge on any atom is -0.497 e. The van der Waals surface area contributed by atoms with Gasteiger partial charge in [0.1, 0.15) is 11.5 Å². The zero-order valence-corrected chi connectivity index (χ0v) is 18.2. The molecule has 1 N–H and O–H groups in total. The summed E-state index contributed by atoms with van der Waals surface area (Å²) in [6.07, 6.45) is 0. The summed E-state index contributed by atoms with van der Waals surface area (Å²) < 4.78 is 11.3. The van der Waals surface area contributed by atoms with Crippen LogP contribution in [0.2, 0.25) is 0 Å². The number of hydrogen-bond acceptors (Lipinski definition) is 2. The molecular formula is C29H25NO2. The second-order valence-electron chi connectivity index (χ2n) is 7.78. The van der Waals surface area contributed by atoms with Gasteiger partial charge in [-0.1, -0.05) is 78.9 Å². The molecule has 3 heteroatoms. The number of aromatic amines is 1. The molecule has 1 atom stereocenters. The Balaban J connectivity index is 1.86. The summed E-state index contributed by atoms with van der Waals surface area (Å²) in [6.45, 7) is 0. The molecule has 0 aliphatic carbocycles. The van der Waals surface area contributed by atoms with Crippen LogP contribution in [0.4, 0.5) is 0 Å². The molecule has 5 rings (SSSR count). The van der Waals surface area contributed by atoms with Crippen LogP contribution in [-0.2, 0) is 0 Å². The third-order valence-electron chi connectivity index (χ3n) is 5.97. The van der Waals surface area contributed by atoms with Gasteiger partial charge >= 0.3 is 0 Å². The van der Waals surface area contributed by atoms with Gasteiger partial charge < -0.3 is 14.5 Å². The van der Waals surface area contributed by atoms with E-state index in [1.807, 2.05) is 24.3 Å². The maximum atomic E-state index is 5.79. The number of nitrogens with one attached hydrogen (secondary N) is 1. The Morgan fingerprint density at radius 3 is 2.09 bits per heavy atom. The number of benzene rings is 4. The molecule has 0 radical (unpaired) electrons. The van der Waals surface area contributed by atoms with E-state index in [0.717, 1.165) is 39.2 Å². The van der Waals surface area contributed by atoms with E-state index < -0.39 is 0 Å². The first-order valence-electron chi connectivity index (χ1n) is 10.7. The van der Waals surface area contributed by atoms with Gasteiger partial charge in [0.15, 0.2) is 0 Å². The quantitative estimate of drug-likeness (QED) is 0.320. The molecule has 1 heterocycles. The van der Waals surface area contributed by atoms with Crippen molar-refractivity contribution in [3.05, 3.63) is 120 Å². The Kier molecular flexibility index (Phi) is 5.39. The minimum atomic E-state index is -0.0269. The third-order valence-corrected chi connectivity index (χ3v) is 5.97. The highest BCUT2D eigenvalue weighted by atomic mass is 16.5. The lowest BCUT2D eigenvalue weighted by Crippen LogP contribution is -2.07. The Bertz CT molecular complexity index is 1340. The molecule has 5 aromatic rings. The number of ether oxygens (including phenoxy) is 2. The third kappa shape index (κ3) is 3.52. The van der Waals surface area contributed by atoms with E-state index in [0.29, 0.717) is 0 Å². The lowest BCUT2D eigenvalue weighted by atomic mass is 9.84. The molecule has 0 fully saturated rings. The van der Waals surface area contributed by atoms with Gasteiger partial charge in [0.25, 0.3) is 0 Å².